The Bertz CT molecular complexity index is 1190. The highest BCUT2D eigenvalue weighted by Crippen LogP contribution is 2.39. The van der Waals surface area contributed by atoms with Crippen LogP contribution in [-0.2, 0) is 9.53 Å². The molecule has 0 saturated heterocycles. The number of carbonyl (C=O) groups is 1. The zero-order valence-corrected chi connectivity index (χ0v) is 21.0. The molecule has 2 heterocycles. The first kappa shape index (κ1) is 22.7. The lowest BCUT2D eigenvalue weighted by Gasteiger charge is -2.22. The van der Waals surface area contributed by atoms with Crippen LogP contribution in [0, 0.1) is 12.8 Å². The molecular weight excluding hydrogens is 490 g/mol. The van der Waals surface area contributed by atoms with Gasteiger partial charge in [0.1, 0.15) is 17.4 Å². The Balaban J connectivity index is 1.73. The monoisotopic (exact) mass is 515 g/mol. The summed E-state index contributed by atoms with van der Waals surface area (Å²) in [5.41, 5.74) is 3.03. The van der Waals surface area contributed by atoms with Crippen LogP contribution in [0.15, 0.2) is 34.1 Å². The smallest absolute Gasteiger partial charge is 0.308 e. The number of hydrogen-bond acceptors (Lipinski definition) is 7. The van der Waals surface area contributed by atoms with Crippen molar-refractivity contribution < 1.29 is 14.3 Å². The number of allylic oxidation sites excluding steroid dienone is 2. The molecule has 168 valence electrons. The molecular formula is C24H26BrN3O3S. The number of aromatic nitrogens is 2. The van der Waals surface area contributed by atoms with Crippen molar-refractivity contribution in [1.82, 2.24) is 9.97 Å². The second kappa shape index (κ2) is 9.58. The molecule has 0 bridgehead atoms. The standard InChI is InChI=1S/C24H26BrN3O3S/c1-13(22-9-17(25)12-32-22)26-23-19-10-18(15-5-7-16(8-6-15)24(29)31-4)21(30-3)11-20(19)27-14(2)28-23/h5,9-13,16H,6-8H2,1-4H3,(H,26,27,28)/t13-,16?/m1/s1. The van der Waals surface area contributed by atoms with Crippen molar-refractivity contribution in [2.75, 3.05) is 19.5 Å². The maximum absolute atomic E-state index is 11.9. The van der Waals surface area contributed by atoms with E-state index in [1.807, 2.05) is 13.0 Å². The van der Waals surface area contributed by atoms with Crippen molar-refractivity contribution in [3.63, 3.8) is 0 Å². The maximum atomic E-state index is 11.9. The molecule has 1 aliphatic rings. The third kappa shape index (κ3) is 4.66. The Labute approximate surface area is 200 Å². The number of ether oxygens (including phenoxy) is 2. The molecule has 1 unspecified atom stereocenters. The van der Waals surface area contributed by atoms with Crippen LogP contribution in [0.1, 0.15) is 48.5 Å². The van der Waals surface area contributed by atoms with E-state index in [1.54, 1.807) is 18.4 Å². The van der Waals surface area contributed by atoms with E-state index in [0.29, 0.717) is 12.2 Å². The van der Waals surface area contributed by atoms with Crippen molar-refractivity contribution >= 4 is 55.5 Å². The summed E-state index contributed by atoms with van der Waals surface area (Å²) in [5.74, 6) is 2.06. The number of benzene rings is 1. The minimum Gasteiger partial charge on any atom is -0.496 e. The molecule has 4 rings (SSSR count). The molecule has 1 N–H and O–H groups in total. The fraction of sp³-hybridized carbons (Fsp3) is 0.375. The number of nitrogens with one attached hydrogen (secondary N) is 1. The van der Waals surface area contributed by atoms with Gasteiger partial charge in [-0.3, -0.25) is 4.79 Å². The Morgan fingerprint density at radius 1 is 1.28 bits per heavy atom. The lowest BCUT2D eigenvalue weighted by atomic mass is 9.86. The lowest BCUT2D eigenvalue weighted by Crippen LogP contribution is -2.18. The molecule has 0 saturated carbocycles. The predicted octanol–water partition coefficient (Wildman–Crippen LogP) is 6.30. The predicted molar refractivity (Wildman–Crippen MR) is 132 cm³/mol. The van der Waals surface area contributed by atoms with Crippen LogP contribution in [0.3, 0.4) is 0 Å². The summed E-state index contributed by atoms with van der Waals surface area (Å²) in [6.45, 7) is 4.02. The van der Waals surface area contributed by atoms with E-state index in [0.717, 1.165) is 45.3 Å². The molecule has 3 aromatic rings. The van der Waals surface area contributed by atoms with E-state index >= 15 is 0 Å². The van der Waals surface area contributed by atoms with Gasteiger partial charge in [-0.2, -0.15) is 0 Å². The molecule has 6 nitrogen and oxygen atoms in total. The molecule has 0 radical (unpaired) electrons. The number of rotatable bonds is 6. The number of aryl methyl sites for hydroxylation is 1. The second-order valence-corrected chi connectivity index (χ2v) is 9.80. The number of halogens is 1. The van der Waals surface area contributed by atoms with Crippen molar-refractivity contribution in [2.45, 2.75) is 39.2 Å². The maximum Gasteiger partial charge on any atom is 0.308 e. The van der Waals surface area contributed by atoms with Gasteiger partial charge in [0.15, 0.2) is 0 Å². The van der Waals surface area contributed by atoms with Crippen molar-refractivity contribution in [3.05, 3.63) is 50.4 Å². The Kier molecular flexibility index (Phi) is 6.81. The summed E-state index contributed by atoms with van der Waals surface area (Å²) in [6, 6.07) is 6.31. The number of carbonyl (C=O) groups excluding carboxylic acids is 1. The van der Waals surface area contributed by atoms with Gasteiger partial charge in [-0.25, -0.2) is 9.97 Å². The number of esters is 1. The Morgan fingerprint density at radius 3 is 2.72 bits per heavy atom. The summed E-state index contributed by atoms with van der Waals surface area (Å²) in [6.07, 6.45) is 4.35. The third-order valence-corrected chi connectivity index (χ3v) is 7.66. The van der Waals surface area contributed by atoms with E-state index in [4.69, 9.17) is 14.5 Å². The zero-order valence-electron chi connectivity index (χ0n) is 18.6. The highest BCUT2D eigenvalue weighted by atomic mass is 79.9. The summed E-state index contributed by atoms with van der Waals surface area (Å²) >= 11 is 5.24. The average molecular weight is 516 g/mol. The van der Waals surface area contributed by atoms with Crippen molar-refractivity contribution in [3.8, 4) is 5.75 Å². The Morgan fingerprint density at radius 2 is 2.09 bits per heavy atom. The first-order valence-corrected chi connectivity index (χ1v) is 12.2. The molecule has 0 aliphatic heterocycles. The van der Waals surface area contributed by atoms with Gasteiger partial charge in [-0.15, -0.1) is 11.3 Å². The molecule has 0 fully saturated rings. The number of nitrogens with zero attached hydrogens (tertiary/aromatic N) is 2. The zero-order chi connectivity index (χ0) is 22.8. The van der Waals surface area contributed by atoms with Crippen LogP contribution in [0.5, 0.6) is 5.75 Å². The summed E-state index contributed by atoms with van der Waals surface area (Å²) < 4.78 is 11.7. The van der Waals surface area contributed by atoms with E-state index in [1.165, 1.54) is 17.6 Å². The van der Waals surface area contributed by atoms with E-state index in [-0.39, 0.29) is 17.9 Å². The lowest BCUT2D eigenvalue weighted by molar-refractivity contribution is -0.145. The van der Waals surface area contributed by atoms with Gasteiger partial charge in [0.05, 0.1) is 31.7 Å². The highest BCUT2D eigenvalue weighted by molar-refractivity contribution is 9.10. The minimum absolute atomic E-state index is 0.0793. The molecule has 0 spiro atoms. The molecule has 1 aromatic carbocycles. The normalized spacial score (nSPS) is 17.0. The Hall–Kier alpha value is -2.45. The van der Waals surface area contributed by atoms with Gasteiger partial charge >= 0.3 is 5.97 Å². The number of methoxy groups -OCH3 is 2. The van der Waals surface area contributed by atoms with Crippen molar-refractivity contribution in [1.29, 1.82) is 0 Å². The van der Waals surface area contributed by atoms with Crippen LogP contribution in [0.2, 0.25) is 0 Å². The fourth-order valence-corrected chi connectivity index (χ4v) is 5.55. The summed E-state index contributed by atoms with van der Waals surface area (Å²) in [5, 5.41) is 6.60. The average Bonchev–Trinajstić information content (AvgIpc) is 3.24. The SMILES string of the molecule is COC(=O)C1CC=C(c2cc3c(N[C@H](C)c4cc(Br)cs4)nc(C)nc3cc2OC)CC1. The van der Waals surface area contributed by atoms with E-state index < -0.39 is 0 Å². The second-order valence-electron chi connectivity index (χ2n) is 7.95. The molecule has 1 aliphatic carbocycles. The van der Waals surface area contributed by atoms with Gasteiger partial charge in [-0.1, -0.05) is 6.08 Å². The van der Waals surface area contributed by atoms with Crippen LogP contribution >= 0.6 is 27.3 Å². The molecule has 32 heavy (non-hydrogen) atoms. The van der Waals surface area contributed by atoms with Crippen LogP contribution in [0.25, 0.3) is 16.5 Å². The third-order valence-electron chi connectivity index (χ3n) is 5.79. The number of fused-ring (bicyclic) bond motifs is 1. The first-order chi connectivity index (χ1) is 15.4. The topological polar surface area (TPSA) is 73.3 Å². The molecule has 8 heteroatoms. The first-order valence-electron chi connectivity index (χ1n) is 10.5. The summed E-state index contributed by atoms with van der Waals surface area (Å²) in [7, 11) is 3.12. The van der Waals surface area contributed by atoms with Gasteiger partial charge in [0, 0.05) is 31.7 Å². The molecule has 0 amide bonds. The quantitative estimate of drug-likeness (QED) is 0.388. The van der Waals surface area contributed by atoms with Gasteiger partial charge in [-0.05, 0) is 66.7 Å². The molecule has 2 atom stereocenters. The van der Waals surface area contributed by atoms with Gasteiger partial charge < -0.3 is 14.8 Å². The number of thiophene rings is 1. The minimum atomic E-state index is -0.143. The van der Waals surface area contributed by atoms with E-state index in [2.05, 4.69) is 56.7 Å². The van der Waals surface area contributed by atoms with E-state index in [9.17, 15) is 4.79 Å². The summed E-state index contributed by atoms with van der Waals surface area (Å²) in [4.78, 5) is 22.5. The van der Waals surface area contributed by atoms with Crippen LogP contribution in [0.4, 0.5) is 5.82 Å². The number of anilines is 1. The number of hydrogen-bond donors (Lipinski definition) is 1. The van der Waals surface area contributed by atoms with Crippen LogP contribution < -0.4 is 10.1 Å². The fourth-order valence-electron chi connectivity index (χ4n) is 4.09. The van der Waals surface area contributed by atoms with Crippen LogP contribution in [-0.4, -0.2) is 30.2 Å². The largest absolute Gasteiger partial charge is 0.496 e. The van der Waals surface area contributed by atoms with Gasteiger partial charge in [0.2, 0.25) is 0 Å². The molecule has 2 aromatic heterocycles. The van der Waals surface area contributed by atoms with Crippen molar-refractivity contribution in [2.24, 2.45) is 5.92 Å². The van der Waals surface area contributed by atoms with Gasteiger partial charge in [0.25, 0.3) is 0 Å². The highest BCUT2D eigenvalue weighted by Gasteiger charge is 2.24.